The standard InChI is InChI=1S/C16H24OSi/c1-5-9-16(12-13-18(2,3)4)17-14-15-10-7-6-8-11-15/h6-8,10-11,16H,5,9,14H2,1-4H3. The predicted octanol–water partition coefficient (Wildman–Crippen LogP) is 4.25. The Labute approximate surface area is 113 Å². The first kappa shape index (κ1) is 15.0. The zero-order valence-electron chi connectivity index (χ0n) is 12.0. The van der Waals surface area contributed by atoms with Gasteiger partial charge in [-0.05, 0) is 12.0 Å². The lowest BCUT2D eigenvalue weighted by atomic mass is 10.2. The highest BCUT2D eigenvalue weighted by molar-refractivity contribution is 6.83. The van der Waals surface area contributed by atoms with Gasteiger partial charge in [-0.3, -0.25) is 0 Å². The highest BCUT2D eigenvalue weighted by Crippen LogP contribution is 2.08. The Balaban J connectivity index is 2.55. The molecule has 0 spiro atoms. The lowest BCUT2D eigenvalue weighted by Gasteiger charge is -2.13. The molecule has 0 aliphatic heterocycles. The summed E-state index contributed by atoms with van der Waals surface area (Å²) in [6.45, 7) is 9.63. The van der Waals surface area contributed by atoms with Crippen molar-refractivity contribution >= 4 is 8.07 Å². The maximum Gasteiger partial charge on any atom is 0.129 e. The van der Waals surface area contributed by atoms with E-state index in [-0.39, 0.29) is 6.10 Å². The van der Waals surface area contributed by atoms with Crippen LogP contribution in [0.2, 0.25) is 19.6 Å². The van der Waals surface area contributed by atoms with Crippen molar-refractivity contribution in [2.24, 2.45) is 0 Å². The fourth-order valence-electron chi connectivity index (χ4n) is 1.53. The summed E-state index contributed by atoms with van der Waals surface area (Å²) in [6.07, 6.45) is 2.21. The first-order chi connectivity index (χ1) is 8.51. The van der Waals surface area contributed by atoms with Crippen molar-refractivity contribution in [2.75, 3.05) is 0 Å². The summed E-state index contributed by atoms with van der Waals surface area (Å²) in [5.74, 6) is 3.32. The van der Waals surface area contributed by atoms with Crippen LogP contribution in [0.1, 0.15) is 25.3 Å². The van der Waals surface area contributed by atoms with Crippen LogP contribution < -0.4 is 0 Å². The van der Waals surface area contributed by atoms with E-state index in [1.807, 2.05) is 18.2 Å². The number of hydrogen-bond acceptors (Lipinski definition) is 1. The maximum atomic E-state index is 5.91. The molecule has 1 unspecified atom stereocenters. The third-order valence-corrected chi connectivity index (χ3v) is 3.35. The molecule has 0 saturated heterocycles. The van der Waals surface area contributed by atoms with Crippen LogP contribution in [-0.2, 0) is 11.3 Å². The molecule has 0 heterocycles. The first-order valence-electron chi connectivity index (χ1n) is 6.69. The Morgan fingerprint density at radius 2 is 1.83 bits per heavy atom. The van der Waals surface area contributed by atoms with Gasteiger partial charge in [0.1, 0.15) is 14.2 Å². The van der Waals surface area contributed by atoms with Gasteiger partial charge in [-0.25, -0.2) is 0 Å². The molecule has 0 amide bonds. The van der Waals surface area contributed by atoms with Gasteiger partial charge in [0.25, 0.3) is 0 Å². The topological polar surface area (TPSA) is 9.23 Å². The maximum absolute atomic E-state index is 5.91. The van der Waals surface area contributed by atoms with E-state index < -0.39 is 8.07 Å². The second kappa shape index (κ2) is 7.40. The summed E-state index contributed by atoms with van der Waals surface area (Å²) >= 11 is 0. The summed E-state index contributed by atoms with van der Waals surface area (Å²) in [7, 11) is -1.30. The minimum absolute atomic E-state index is 0.0851. The molecular formula is C16H24OSi. The van der Waals surface area contributed by atoms with E-state index in [2.05, 4.69) is 50.2 Å². The number of ether oxygens (including phenoxy) is 1. The highest BCUT2D eigenvalue weighted by atomic mass is 28.3. The molecule has 98 valence electrons. The summed E-state index contributed by atoms with van der Waals surface area (Å²) in [6, 6.07) is 10.3. The Morgan fingerprint density at radius 1 is 1.17 bits per heavy atom. The molecule has 0 aliphatic rings. The van der Waals surface area contributed by atoms with E-state index in [0.717, 1.165) is 12.8 Å². The van der Waals surface area contributed by atoms with E-state index in [0.29, 0.717) is 6.61 Å². The van der Waals surface area contributed by atoms with Gasteiger partial charge in [-0.2, -0.15) is 0 Å². The molecule has 1 rings (SSSR count). The molecule has 0 aromatic heterocycles. The van der Waals surface area contributed by atoms with Crippen LogP contribution in [0.4, 0.5) is 0 Å². The molecule has 1 aromatic rings. The van der Waals surface area contributed by atoms with Crippen LogP contribution in [-0.4, -0.2) is 14.2 Å². The molecule has 0 radical (unpaired) electrons. The van der Waals surface area contributed by atoms with Gasteiger partial charge in [0, 0.05) is 0 Å². The van der Waals surface area contributed by atoms with E-state index >= 15 is 0 Å². The fraction of sp³-hybridized carbons (Fsp3) is 0.500. The largest absolute Gasteiger partial charge is 0.361 e. The van der Waals surface area contributed by atoms with E-state index in [9.17, 15) is 0 Å². The Bertz CT molecular complexity index is 395. The molecule has 0 N–H and O–H groups in total. The van der Waals surface area contributed by atoms with Crippen molar-refractivity contribution in [3.8, 4) is 11.5 Å². The Morgan fingerprint density at radius 3 is 2.39 bits per heavy atom. The predicted molar refractivity (Wildman–Crippen MR) is 81.0 cm³/mol. The van der Waals surface area contributed by atoms with Crippen LogP contribution >= 0.6 is 0 Å². The number of rotatable bonds is 5. The van der Waals surface area contributed by atoms with Crippen molar-refractivity contribution < 1.29 is 4.74 Å². The normalized spacial score (nSPS) is 12.7. The summed E-state index contributed by atoms with van der Waals surface area (Å²) in [5.41, 5.74) is 4.62. The van der Waals surface area contributed by atoms with Crippen molar-refractivity contribution in [1.82, 2.24) is 0 Å². The SMILES string of the molecule is CCCC(C#C[Si](C)(C)C)OCc1ccccc1. The molecule has 0 aliphatic carbocycles. The smallest absolute Gasteiger partial charge is 0.129 e. The monoisotopic (exact) mass is 260 g/mol. The number of benzene rings is 1. The van der Waals surface area contributed by atoms with Crippen LogP contribution in [0.25, 0.3) is 0 Å². The van der Waals surface area contributed by atoms with Gasteiger partial charge in [-0.15, -0.1) is 5.54 Å². The van der Waals surface area contributed by atoms with Gasteiger partial charge in [0.15, 0.2) is 0 Å². The van der Waals surface area contributed by atoms with E-state index in [1.165, 1.54) is 5.56 Å². The van der Waals surface area contributed by atoms with Gasteiger partial charge in [0.05, 0.1) is 6.61 Å². The average Bonchev–Trinajstić information content (AvgIpc) is 2.33. The van der Waals surface area contributed by atoms with Crippen LogP contribution in [0.15, 0.2) is 30.3 Å². The van der Waals surface area contributed by atoms with Gasteiger partial charge in [0.2, 0.25) is 0 Å². The minimum Gasteiger partial charge on any atom is -0.361 e. The number of hydrogen-bond donors (Lipinski definition) is 0. The van der Waals surface area contributed by atoms with Crippen molar-refractivity contribution in [1.29, 1.82) is 0 Å². The zero-order valence-corrected chi connectivity index (χ0v) is 13.0. The Kier molecular flexibility index (Phi) is 6.18. The third kappa shape index (κ3) is 6.63. The molecular weight excluding hydrogens is 236 g/mol. The Hall–Kier alpha value is -1.04. The van der Waals surface area contributed by atoms with Crippen molar-refractivity contribution in [3.63, 3.8) is 0 Å². The molecule has 1 nitrogen and oxygen atoms in total. The molecule has 2 heteroatoms. The summed E-state index contributed by atoms with van der Waals surface area (Å²) in [5, 5.41) is 0. The third-order valence-electron chi connectivity index (χ3n) is 2.45. The molecule has 18 heavy (non-hydrogen) atoms. The van der Waals surface area contributed by atoms with Crippen LogP contribution in [0.5, 0.6) is 0 Å². The van der Waals surface area contributed by atoms with Crippen molar-refractivity contribution in [3.05, 3.63) is 35.9 Å². The second-order valence-corrected chi connectivity index (χ2v) is 10.3. The lowest BCUT2D eigenvalue weighted by Crippen LogP contribution is -2.19. The van der Waals surface area contributed by atoms with Gasteiger partial charge >= 0.3 is 0 Å². The summed E-state index contributed by atoms with van der Waals surface area (Å²) < 4.78 is 5.91. The van der Waals surface area contributed by atoms with E-state index in [4.69, 9.17) is 4.74 Å². The zero-order chi connectivity index (χ0) is 13.4. The molecule has 1 atom stereocenters. The van der Waals surface area contributed by atoms with Gasteiger partial charge in [-0.1, -0.05) is 69.2 Å². The van der Waals surface area contributed by atoms with Crippen molar-refractivity contribution in [2.45, 2.75) is 52.1 Å². The summed E-state index contributed by atoms with van der Waals surface area (Å²) in [4.78, 5) is 0. The molecule has 0 bridgehead atoms. The highest BCUT2D eigenvalue weighted by Gasteiger charge is 2.10. The lowest BCUT2D eigenvalue weighted by molar-refractivity contribution is 0.0722. The fourth-order valence-corrected chi connectivity index (χ4v) is 2.12. The second-order valence-electron chi connectivity index (χ2n) is 5.59. The molecule has 0 fully saturated rings. The van der Waals surface area contributed by atoms with Gasteiger partial charge < -0.3 is 4.74 Å². The van der Waals surface area contributed by atoms with Crippen LogP contribution in [0.3, 0.4) is 0 Å². The average molecular weight is 260 g/mol. The molecule has 1 aromatic carbocycles. The molecule has 0 saturated carbocycles. The minimum atomic E-state index is -1.30. The quantitative estimate of drug-likeness (QED) is 0.568. The van der Waals surface area contributed by atoms with E-state index in [1.54, 1.807) is 0 Å². The first-order valence-corrected chi connectivity index (χ1v) is 10.2. The van der Waals surface area contributed by atoms with Crippen LogP contribution in [0, 0.1) is 11.5 Å².